The largest absolute Gasteiger partial charge is 0.389 e. The van der Waals surface area contributed by atoms with Crippen LogP contribution in [-0.4, -0.2) is 99.4 Å². The summed E-state index contributed by atoms with van der Waals surface area (Å²) >= 11 is 0. The van der Waals surface area contributed by atoms with Crippen molar-refractivity contribution in [3.8, 4) is 0 Å². The topological polar surface area (TPSA) is 101 Å². The van der Waals surface area contributed by atoms with Crippen LogP contribution in [0.2, 0.25) is 0 Å². The maximum Gasteiger partial charge on any atom is 0.315 e. The van der Waals surface area contributed by atoms with Crippen LogP contribution in [0.25, 0.3) is 0 Å². The standard InChI is InChI=1S/C26H33F4N5O5/c27-22-13-20(35(38)17-21(36)15-31-26(37)25(29)30)14-23(28)24(22)33-5-6-34(40-12-9-33)16-18-1-3-19(4-2-18)32-7-10-39-11-8-32/h1-4,13-14,21,25,36,38H,5-12,15-17H2,(H,31,37)/t21-/m0/s1. The van der Waals surface area contributed by atoms with Crippen LogP contribution in [0.15, 0.2) is 36.4 Å². The van der Waals surface area contributed by atoms with E-state index < -0.39 is 43.2 Å². The van der Waals surface area contributed by atoms with Gasteiger partial charge in [0.1, 0.15) is 5.69 Å². The van der Waals surface area contributed by atoms with E-state index in [0.717, 1.165) is 36.5 Å². The minimum absolute atomic E-state index is 0.204. The van der Waals surface area contributed by atoms with Crippen LogP contribution in [0, 0.1) is 11.6 Å². The molecular weight excluding hydrogens is 538 g/mol. The molecule has 2 aromatic rings. The van der Waals surface area contributed by atoms with E-state index in [9.17, 15) is 23.9 Å². The Hall–Kier alpha value is -3.17. The first-order valence-corrected chi connectivity index (χ1v) is 12.9. The number of hydrogen-bond acceptors (Lipinski definition) is 9. The van der Waals surface area contributed by atoms with E-state index in [0.29, 0.717) is 31.4 Å². The maximum absolute atomic E-state index is 15.0. The van der Waals surface area contributed by atoms with Gasteiger partial charge in [0.2, 0.25) is 0 Å². The fourth-order valence-corrected chi connectivity index (χ4v) is 4.54. The van der Waals surface area contributed by atoms with Gasteiger partial charge in [-0.15, -0.1) is 0 Å². The number of rotatable bonds is 10. The molecule has 14 heteroatoms. The number of carbonyl (C=O) groups excluding carboxylic acids is 1. The van der Waals surface area contributed by atoms with Crippen molar-refractivity contribution >= 4 is 23.0 Å². The second-order valence-electron chi connectivity index (χ2n) is 9.49. The summed E-state index contributed by atoms with van der Waals surface area (Å²) in [5.74, 6) is -3.44. The number of ether oxygens (including phenoxy) is 1. The number of benzene rings is 2. The number of halogens is 4. The summed E-state index contributed by atoms with van der Waals surface area (Å²) in [6, 6.07) is 9.98. The number of hydroxylamine groups is 3. The Kier molecular flexibility index (Phi) is 10.4. The molecule has 0 radical (unpaired) electrons. The zero-order valence-corrected chi connectivity index (χ0v) is 21.8. The third-order valence-electron chi connectivity index (χ3n) is 6.64. The van der Waals surface area contributed by atoms with Gasteiger partial charge in [-0.3, -0.25) is 19.9 Å². The number of carbonyl (C=O) groups is 1. The molecular formula is C26H33F4N5O5. The van der Waals surface area contributed by atoms with Crippen molar-refractivity contribution < 1.29 is 42.2 Å². The molecule has 0 saturated carbocycles. The lowest BCUT2D eigenvalue weighted by Gasteiger charge is -2.29. The number of nitrogens with zero attached hydrogens (tertiary/aromatic N) is 4. The summed E-state index contributed by atoms with van der Waals surface area (Å²) in [6.07, 6.45) is -4.72. The molecule has 10 nitrogen and oxygen atoms in total. The molecule has 0 bridgehead atoms. The summed E-state index contributed by atoms with van der Waals surface area (Å²) in [4.78, 5) is 20.5. The van der Waals surface area contributed by atoms with Crippen LogP contribution >= 0.6 is 0 Å². The monoisotopic (exact) mass is 571 g/mol. The highest BCUT2D eigenvalue weighted by Gasteiger charge is 2.24. The van der Waals surface area contributed by atoms with E-state index in [1.165, 1.54) is 4.90 Å². The first-order chi connectivity index (χ1) is 19.2. The lowest BCUT2D eigenvalue weighted by atomic mass is 10.2. The lowest BCUT2D eigenvalue weighted by Crippen LogP contribution is -2.41. The van der Waals surface area contributed by atoms with E-state index in [-0.39, 0.29) is 31.1 Å². The van der Waals surface area contributed by atoms with Crippen molar-refractivity contribution in [2.45, 2.75) is 19.1 Å². The lowest BCUT2D eigenvalue weighted by molar-refractivity contribution is -0.154. The van der Waals surface area contributed by atoms with Gasteiger partial charge in [0.05, 0.1) is 38.2 Å². The molecule has 40 heavy (non-hydrogen) atoms. The van der Waals surface area contributed by atoms with Gasteiger partial charge in [-0.2, -0.15) is 13.8 Å². The van der Waals surface area contributed by atoms with Crippen molar-refractivity contribution in [2.24, 2.45) is 0 Å². The molecule has 3 N–H and O–H groups in total. The Morgan fingerprint density at radius 2 is 1.62 bits per heavy atom. The first-order valence-electron chi connectivity index (χ1n) is 12.9. The number of hydrogen-bond donors (Lipinski definition) is 3. The Morgan fingerprint density at radius 3 is 2.27 bits per heavy atom. The Bertz CT molecular complexity index is 1100. The summed E-state index contributed by atoms with van der Waals surface area (Å²) in [5.41, 5.74) is 1.60. The second-order valence-corrected chi connectivity index (χ2v) is 9.49. The molecule has 2 aliphatic heterocycles. The van der Waals surface area contributed by atoms with Gasteiger partial charge in [0.15, 0.2) is 11.6 Å². The number of anilines is 3. The zero-order chi connectivity index (χ0) is 28.6. The average molecular weight is 572 g/mol. The van der Waals surface area contributed by atoms with Crippen molar-refractivity contribution in [1.82, 2.24) is 10.4 Å². The van der Waals surface area contributed by atoms with Gasteiger partial charge in [0, 0.05) is 63.6 Å². The Morgan fingerprint density at radius 1 is 0.975 bits per heavy atom. The molecule has 1 amide bonds. The molecule has 0 aromatic heterocycles. The van der Waals surface area contributed by atoms with Gasteiger partial charge >= 0.3 is 6.43 Å². The Balaban J connectivity index is 1.31. The van der Waals surface area contributed by atoms with Gasteiger partial charge in [-0.25, -0.2) is 8.78 Å². The predicted octanol–water partition coefficient (Wildman–Crippen LogP) is 1.99. The molecule has 2 fully saturated rings. The summed E-state index contributed by atoms with van der Waals surface area (Å²) in [7, 11) is 0. The summed E-state index contributed by atoms with van der Waals surface area (Å²) < 4.78 is 59.9. The molecule has 220 valence electrons. The Labute approximate surface area is 229 Å². The van der Waals surface area contributed by atoms with Gasteiger partial charge in [0.25, 0.3) is 5.91 Å². The fourth-order valence-electron chi connectivity index (χ4n) is 4.54. The van der Waals surface area contributed by atoms with Crippen LogP contribution < -0.4 is 20.2 Å². The number of aliphatic hydroxyl groups is 1. The number of nitrogens with one attached hydrogen (secondary N) is 1. The molecule has 0 spiro atoms. The SMILES string of the molecule is O=C(NC[C@H](O)CN(O)c1cc(F)c(N2CCON(Cc3ccc(N4CCOCC4)cc3)CC2)c(F)c1)C(F)F. The van der Waals surface area contributed by atoms with Crippen LogP contribution in [0.4, 0.5) is 34.6 Å². The second kappa shape index (κ2) is 13.9. The number of morpholine rings is 1. The predicted molar refractivity (Wildman–Crippen MR) is 139 cm³/mol. The van der Waals surface area contributed by atoms with Crippen LogP contribution in [-0.2, 0) is 20.9 Å². The van der Waals surface area contributed by atoms with Crippen LogP contribution in [0.5, 0.6) is 0 Å². The molecule has 2 saturated heterocycles. The highest BCUT2D eigenvalue weighted by Crippen LogP contribution is 2.29. The molecule has 4 rings (SSSR count). The minimum atomic E-state index is -3.25. The van der Waals surface area contributed by atoms with E-state index in [2.05, 4.69) is 17.0 Å². The van der Waals surface area contributed by atoms with E-state index in [4.69, 9.17) is 9.57 Å². The zero-order valence-electron chi connectivity index (χ0n) is 21.8. The fraction of sp³-hybridized carbons (Fsp3) is 0.500. The van der Waals surface area contributed by atoms with Crippen LogP contribution in [0.1, 0.15) is 5.56 Å². The van der Waals surface area contributed by atoms with Gasteiger partial charge < -0.3 is 25.0 Å². The van der Waals surface area contributed by atoms with Crippen LogP contribution in [0.3, 0.4) is 0 Å². The quantitative estimate of drug-likeness (QED) is 0.292. The molecule has 2 aromatic carbocycles. The molecule has 0 aliphatic carbocycles. The third kappa shape index (κ3) is 7.95. The van der Waals surface area contributed by atoms with Crippen molar-refractivity contribution in [1.29, 1.82) is 0 Å². The summed E-state index contributed by atoms with van der Waals surface area (Å²) in [5, 5.41) is 23.9. The minimum Gasteiger partial charge on any atom is -0.389 e. The van der Waals surface area contributed by atoms with Gasteiger partial charge in [-0.1, -0.05) is 12.1 Å². The highest BCUT2D eigenvalue weighted by atomic mass is 19.3. The first kappa shape index (κ1) is 29.8. The average Bonchev–Trinajstić information content (AvgIpc) is 3.17. The normalized spacial score (nSPS) is 17.6. The maximum atomic E-state index is 15.0. The highest BCUT2D eigenvalue weighted by molar-refractivity contribution is 5.79. The van der Waals surface area contributed by atoms with Gasteiger partial charge in [-0.05, 0) is 17.7 Å². The molecule has 2 aliphatic rings. The summed E-state index contributed by atoms with van der Waals surface area (Å²) in [6.45, 7) is 3.54. The molecule has 2 heterocycles. The molecule has 1 atom stereocenters. The number of alkyl halides is 2. The number of aliphatic hydroxyl groups excluding tert-OH is 1. The van der Waals surface area contributed by atoms with Crippen molar-refractivity contribution in [3.63, 3.8) is 0 Å². The number of amides is 1. The van der Waals surface area contributed by atoms with Crippen molar-refractivity contribution in [2.75, 3.05) is 80.5 Å². The van der Waals surface area contributed by atoms with E-state index in [1.807, 2.05) is 12.1 Å². The van der Waals surface area contributed by atoms with E-state index >= 15 is 8.78 Å². The third-order valence-corrected chi connectivity index (χ3v) is 6.64. The molecule has 0 unspecified atom stereocenters. The smallest absolute Gasteiger partial charge is 0.315 e. The van der Waals surface area contributed by atoms with Crippen molar-refractivity contribution in [3.05, 3.63) is 53.6 Å². The van der Waals surface area contributed by atoms with E-state index in [1.54, 1.807) is 10.4 Å².